The number of nitrogens with two attached hydrogens (primary N) is 1. The molecule has 1 aromatic carbocycles. The highest BCUT2D eigenvalue weighted by atomic mass is 19.1. The molecule has 21 heavy (non-hydrogen) atoms. The van der Waals surface area contributed by atoms with Gasteiger partial charge in [0.1, 0.15) is 11.6 Å². The van der Waals surface area contributed by atoms with Gasteiger partial charge in [-0.1, -0.05) is 0 Å². The minimum atomic E-state index is -0.518. The number of aromatic hydroxyl groups is 1. The second kappa shape index (κ2) is 7.38. The smallest absolute Gasteiger partial charge is 0.257 e. The zero-order valence-corrected chi connectivity index (χ0v) is 12.1. The van der Waals surface area contributed by atoms with Gasteiger partial charge in [-0.2, -0.15) is 0 Å². The monoisotopic (exact) mass is 295 g/mol. The van der Waals surface area contributed by atoms with Crippen molar-refractivity contribution in [2.45, 2.75) is 12.8 Å². The van der Waals surface area contributed by atoms with Gasteiger partial charge in [0.15, 0.2) is 0 Å². The Balaban J connectivity index is 2.01. The van der Waals surface area contributed by atoms with Gasteiger partial charge in [0, 0.05) is 19.6 Å². The molecule has 1 aliphatic rings. The van der Waals surface area contributed by atoms with Crippen molar-refractivity contribution in [3.8, 4) is 5.75 Å². The first-order valence-electron chi connectivity index (χ1n) is 7.32. The molecule has 116 valence electrons. The molecule has 2 rings (SSSR count). The molecule has 0 aliphatic carbocycles. The number of phenols is 1. The Morgan fingerprint density at radius 3 is 2.86 bits per heavy atom. The van der Waals surface area contributed by atoms with E-state index in [-0.39, 0.29) is 17.2 Å². The van der Waals surface area contributed by atoms with Crippen LogP contribution in [0.5, 0.6) is 5.75 Å². The van der Waals surface area contributed by atoms with Gasteiger partial charge in [-0.05, 0) is 50.7 Å². The third-order valence-electron chi connectivity index (χ3n) is 3.74. The number of benzene rings is 1. The van der Waals surface area contributed by atoms with Gasteiger partial charge >= 0.3 is 0 Å². The number of carbonyl (C=O) groups excluding carboxylic acids is 1. The van der Waals surface area contributed by atoms with Gasteiger partial charge < -0.3 is 20.6 Å². The first-order valence-corrected chi connectivity index (χ1v) is 7.32. The van der Waals surface area contributed by atoms with Crippen molar-refractivity contribution in [1.29, 1.82) is 0 Å². The highest BCUT2D eigenvalue weighted by Gasteiger charge is 2.22. The van der Waals surface area contributed by atoms with E-state index in [1.54, 1.807) is 4.90 Å². The van der Waals surface area contributed by atoms with Crippen LogP contribution in [0, 0.1) is 5.82 Å². The number of nitrogens with zero attached hydrogens (tertiary/aromatic N) is 2. The number of hydrogen-bond acceptors (Lipinski definition) is 4. The van der Waals surface area contributed by atoms with Crippen LogP contribution in [0.2, 0.25) is 0 Å². The summed E-state index contributed by atoms with van der Waals surface area (Å²) in [6, 6.07) is 3.45. The summed E-state index contributed by atoms with van der Waals surface area (Å²) in [4.78, 5) is 16.4. The summed E-state index contributed by atoms with van der Waals surface area (Å²) in [6.45, 7) is 4.51. The molecule has 0 atom stereocenters. The van der Waals surface area contributed by atoms with Crippen molar-refractivity contribution in [2.24, 2.45) is 5.73 Å². The van der Waals surface area contributed by atoms with Crippen molar-refractivity contribution in [2.75, 3.05) is 39.3 Å². The van der Waals surface area contributed by atoms with Crippen molar-refractivity contribution >= 4 is 5.91 Å². The number of rotatable bonds is 4. The molecule has 0 unspecified atom stereocenters. The topological polar surface area (TPSA) is 69.8 Å². The summed E-state index contributed by atoms with van der Waals surface area (Å²) < 4.78 is 13.3. The maximum atomic E-state index is 13.3. The van der Waals surface area contributed by atoms with Crippen LogP contribution in [0.3, 0.4) is 0 Å². The lowest BCUT2D eigenvalue weighted by Gasteiger charge is -2.22. The Morgan fingerprint density at radius 1 is 1.29 bits per heavy atom. The van der Waals surface area contributed by atoms with E-state index in [0.29, 0.717) is 19.6 Å². The molecule has 0 radical (unpaired) electrons. The Kier molecular flexibility index (Phi) is 5.52. The van der Waals surface area contributed by atoms with Crippen LogP contribution in [-0.2, 0) is 0 Å². The molecule has 0 spiro atoms. The van der Waals surface area contributed by atoms with Crippen molar-refractivity contribution in [1.82, 2.24) is 9.80 Å². The molecule has 0 saturated carbocycles. The van der Waals surface area contributed by atoms with Crippen LogP contribution >= 0.6 is 0 Å². The molecule has 0 bridgehead atoms. The molecular weight excluding hydrogens is 273 g/mol. The number of amides is 1. The zero-order chi connectivity index (χ0) is 15.2. The van der Waals surface area contributed by atoms with Gasteiger partial charge in [-0.15, -0.1) is 0 Å². The molecule has 3 N–H and O–H groups in total. The van der Waals surface area contributed by atoms with Crippen molar-refractivity contribution in [3.05, 3.63) is 29.6 Å². The van der Waals surface area contributed by atoms with Gasteiger partial charge in [0.2, 0.25) is 0 Å². The summed E-state index contributed by atoms with van der Waals surface area (Å²) in [5.74, 6) is -1.01. The second-order valence-corrected chi connectivity index (χ2v) is 5.29. The Morgan fingerprint density at radius 2 is 2.10 bits per heavy atom. The normalized spacial score (nSPS) is 16.8. The lowest BCUT2D eigenvalue weighted by Crippen LogP contribution is -2.35. The molecule has 1 amide bonds. The number of halogens is 1. The van der Waals surface area contributed by atoms with Crippen LogP contribution in [0.25, 0.3) is 0 Å². The largest absolute Gasteiger partial charge is 0.507 e. The minimum absolute atomic E-state index is 0.0328. The summed E-state index contributed by atoms with van der Waals surface area (Å²) in [7, 11) is 0. The first kappa shape index (κ1) is 15.7. The highest BCUT2D eigenvalue weighted by Crippen LogP contribution is 2.20. The van der Waals surface area contributed by atoms with E-state index in [2.05, 4.69) is 4.90 Å². The fourth-order valence-corrected chi connectivity index (χ4v) is 2.56. The van der Waals surface area contributed by atoms with E-state index in [1.165, 1.54) is 6.07 Å². The van der Waals surface area contributed by atoms with E-state index < -0.39 is 5.82 Å². The van der Waals surface area contributed by atoms with E-state index >= 15 is 0 Å². The van der Waals surface area contributed by atoms with E-state index in [0.717, 1.165) is 44.6 Å². The van der Waals surface area contributed by atoms with Crippen LogP contribution < -0.4 is 5.73 Å². The molecule has 5 nitrogen and oxygen atoms in total. The van der Waals surface area contributed by atoms with Crippen LogP contribution in [-0.4, -0.2) is 60.1 Å². The van der Waals surface area contributed by atoms with Gasteiger partial charge in [-0.3, -0.25) is 4.79 Å². The van der Waals surface area contributed by atoms with E-state index in [4.69, 9.17) is 5.73 Å². The predicted octanol–water partition coefficient (Wildman–Crippen LogP) is 1.03. The zero-order valence-electron chi connectivity index (χ0n) is 12.1. The third-order valence-corrected chi connectivity index (χ3v) is 3.74. The lowest BCUT2D eigenvalue weighted by atomic mass is 10.1. The van der Waals surface area contributed by atoms with Crippen LogP contribution in [0.4, 0.5) is 4.39 Å². The molecule has 0 aromatic heterocycles. The summed E-state index contributed by atoms with van der Waals surface area (Å²) in [6.07, 6.45) is 1.81. The molecule has 1 fully saturated rings. The second-order valence-electron chi connectivity index (χ2n) is 5.29. The third kappa shape index (κ3) is 4.15. The highest BCUT2D eigenvalue weighted by molar-refractivity contribution is 5.96. The molecule has 6 heteroatoms. The number of carbonyl (C=O) groups is 1. The fraction of sp³-hybridized carbons (Fsp3) is 0.533. The average molecular weight is 295 g/mol. The Labute approximate surface area is 124 Å². The molecule has 1 heterocycles. The van der Waals surface area contributed by atoms with Crippen molar-refractivity contribution < 1.29 is 14.3 Å². The van der Waals surface area contributed by atoms with E-state index in [9.17, 15) is 14.3 Å². The fourth-order valence-electron chi connectivity index (χ4n) is 2.56. The summed E-state index contributed by atoms with van der Waals surface area (Å²) >= 11 is 0. The van der Waals surface area contributed by atoms with Gasteiger partial charge in [0.05, 0.1) is 5.56 Å². The Hall–Kier alpha value is -1.66. The van der Waals surface area contributed by atoms with E-state index in [1.807, 2.05) is 0 Å². The lowest BCUT2D eigenvalue weighted by molar-refractivity contribution is 0.0758. The summed E-state index contributed by atoms with van der Waals surface area (Å²) in [5.41, 5.74) is 5.55. The number of phenolic OH excluding ortho intramolecular Hbond substituents is 1. The standard InChI is InChI=1S/C15H22FN3O2/c16-12-3-4-14(20)13(11-12)15(21)19-8-2-7-18(9-10-19)6-1-5-17/h3-4,11,20H,1-2,5-10,17H2. The van der Waals surface area contributed by atoms with Gasteiger partial charge in [-0.25, -0.2) is 4.39 Å². The van der Waals surface area contributed by atoms with Crippen molar-refractivity contribution in [3.63, 3.8) is 0 Å². The maximum Gasteiger partial charge on any atom is 0.257 e. The first-order chi connectivity index (χ1) is 10.1. The predicted molar refractivity (Wildman–Crippen MR) is 78.7 cm³/mol. The van der Waals surface area contributed by atoms with Gasteiger partial charge in [0.25, 0.3) is 5.91 Å². The average Bonchev–Trinajstić information content (AvgIpc) is 2.72. The minimum Gasteiger partial charge on any atom is -0.507 e. The van der Waals surface area contributed by atoms with Crippen LogP contribution in [0.15, 0.2) is 18.2 Å². The number of hydrogen-bond donors (Lipinski definition) is 2. The quantitative estimate of drug-likeness (QED) is 0.870. The molecular formula is C15H22FN3O2. The SMILES string of the molecule is NCCCN1CCCN(C(=O)c2cc(F)ccc2O)CC1. The molecule has 1 aromatic rings. The summed E-state index contributed by atoms with van der Waals surface area (Å²) in [5, 5.41) is 9.74. The van der Waals surface area contributed by atoms with Crippen LogP contribution in [0.1, 0.15) is 23.2 Å². The Bertz CT molecular complexity index is 496. The maximum absolute atomic E-state index is 13.3. The molecule has 1 saturated heterocycles. The molecule has 1 aliphatic heterocycles.